The Morgan fingerprint density at radius 1 is 1.28 bits per heavy atom. The van der Waals surface area contributed by atoms with E-state index in [4.69, 9.17) is 0 Å². The molecule has 0 unspecified atom stereocenters. The van der Waals surface area contributed by atoms with E-state index in [9.17, 15) is 5.11 Å². The molecule has 0 spiro atoms. The van der Waals surface area contributed by atoms with Crippen molar-refractivity contribution in [2.45, 2.75) is 13.5 Å². The lowest BCUT2D eigenvalue weighted by molar-refractivity contribution is 0.276. The smallest absolute Gasteiger partial charge is 0.137 e. The van der Waals surface area contributed by atoms with Crippen LogP contribution in [0.1, 0.15) is 11.3 Å². The van der Waals surface area contributed by atoms with Crippen molar-refractivity contribution in [2.24, 2.45) is 0 Å². The number of pyridine rings is 2. The molecule has 4 heteroatoms. The van der Waals surface area contributed by atoms with Crippen LogP contribution in [0.2, 0.25) is 0 Å². The summed E-state index contributed by atoms with van der Waals surface area (Å²) in [7, 11) is 0. The Hall–Kier alpha value is -2.20. The van der Waals surface area contributed by atoms with Crippen LogP contribution in [0.25, 0.3) is 16.9 Å². The molecule has 0 atom stereocenters. The maximum atomic E-state index is 9.58. The van der Waals surface area contributed by atoms with Gasteiger partial charge in [-0.1, -0.05) is 6.07 Å². The highest BCUT2D eigenvalue weighted by atomic mass is 16.3. The summed E-state index contributed by atoms with van der Waals surface area (Å²) in [6.45, 7) is 1.97. The molecule has 0 aromatic carbocycles. The van der Waals surface area contributed by atoms with E-state index in [1.807, 2.05) is 41.8 Å². The number of rotatable bonds is 2. The van der Waals surface area contributed by atoms with E-state index in [-0.39, 0.29) is 6.61 Å². The summed E-state index contributed by atoms with van der Waals surface area (Å²) in [5, 5.41) is 9.58. The normalized spacial score (nSPS) is 11.0. The highest BCUT2D eigenvalue weighted by Gasteiger charge is 2.12. The molecule has 3 aromatic heterocycles. The molecule has 0 fully saturated rings. The Morgan fingerprint density at radius 2 is 2.17 bits per heavy atom. The molecule has 90 valence electrons. The first kappa shape index (κ1) is 10.9. The topological polar surface area (TPSA) is 50.4 Å². The van der Waals surface area contributed by atoms with Crippen LogP contribution in [-0.4, -0.2) is 19.5 Å². The minimum atomic E-state index is -0.0468. The highest BCUT2D eigenvalue weighted by Crippen LogP contribution is 2.24. The number of aromatic nitrogens is 3. The van der Waals surface area contributed by atoms with Gasteiger partial charge in [0.15, 0.2) is 0 Å². The molecule has 0 amide bonds. The summed E-state index contributed by atoms with van der Waals surface area (Å²) in [5.74, 6) is 0. The summed E-state index contributed by atoms with van der Waals surface area (Å²) >= 11 is 0. The molecule has 0 aliphatic heterocycles. The monoisotopic (exact) mass is 239 g/mol. The second-order valence-electron chi connectivity index (χ2n) is 4.24. The van der Waals surface area contributed by atoms with Crippen molar-refractivity contribution in [1.29, 1.82) is 0 Å². The van der Waals surface area contributed by atoms with Crippen LogP contribution in [0.15, 0.2) is 42.9 Å². The molecule has 18 heavy (non-hydrogen) atoms. The van der Waals surface area contributed by atoms with Gasteiger partial charge in [-0.05, 0) is 30.7 Å². The second-order valence-corrected chi connectivity index (χ2v) is 4.24. The lowest BCUT2D eigenvalue weighted by Gasteiger charge is -2.01. The predicted molar refractivity (Wildman–Crippen MR) is 69.1 cm³/mol. The van der Waals surface area contributed by atoms with Gasteiger partial charge in [-0.15, -0.1) is 0 Å². The van der Waals surface area contributed by atoms with E-state index in [2.05, 4.69) is 9.97 Å². The molecule has 3 heterocycles. The average molecular weight is 239 g/mol. The van der Waals surface area contributed by atoms with Gasteiger partial charge < -0.3 is 9.51 Å². The first-order chi connectivity index (χ1) is 8.79. The van der Waals surface area contributed by atoms with Gasteiger partial charge >= 0.3 is 0 Å². The molecule has 0 aliphatic rings. The van der Waals surface area contributed by atoms with Crippen molar-refractivity contribution < 1.29 is 5.11 Å². The van der Waals surface area contributed by atoms with Crippen LogP contribution in [0.5, 0.6) is 0 Å². The summed E-state index contributed by atoms with van der Waals surface area (Å²) in [5.41, 5.74) is 4.47. The third-order valence-electron chi connectivity index (χ3n) is 2.95. The summed E-state index contributed by atoms with van der Waals surface area (Å²) in [6, 6.07) is 7.78. The zero-order valence-electron chi connectivity index (χ0n) is 10.0. The lowest BCUT2D eigenvalue weighted by Crippen LogP contribution is -1.94. The van der Waals surface area contributed by atoms with Crippen molar-refractivity contribution in [3.05, 3.63) is 54.1 Å². The Bertz CT molecular complexity index is 689. The Kier molecular flexibility index (Phi) is 2.57. The van der Waals surface area contributed by atoms with Crippen molar-refractivity contribution in [3.8, 4) is 11.3 Å². The average Bonchev–Trinajstić information content (AvgIpc) is 2.77. The minimum absolute atomic E-state index is 0.0468. The van der Waals surface area contributed by atoms with Crippen molar-refractivity contribution >= 4 is 5.65 Å². The maximum absolute atomic E-state index is 9.58. The number of nitrogens with zero attached hydrogens (tertiary/aromatic N) is 3. The van der Waals surface area contributed by atoms with Gasteiger partial charge in [0.05, 0.1) is 18.0 Å². The molecule has 0 saturated heterocycles. The first-order valence-electron chi connectivity index (χ1n) is 5.78. The number of hydrogen-bond acceptors (Lipinski definition) is 3. The van der Waals surface area contributed by atoms with Crippen LogP contribution in [0, 0.1) is 6.92 Å². The third-order valence-corrected chi connectivity index (χ3v) is 2.95. The van der Waals surface area contributed by atoms with E-state index >= 15 is 0 Å². The van der Waals surface area contributed by atoms with Crippen molar-refractivity contribution in [2.75, 3.05) is 0 Å². The van der Waals surface area contributed by atoms with Gasteiger partial charge in [0.2, 0.25) is 0 Å². The molecule has 1 N–H and O–H groups in total. The second kappa shape index (κ2) is 4.23. The van der Waals surface area contributed by atoms with E-state index in [1.54, 1.807) is 12.4 Å². The molecule has 3 rings (SSSR count). The number of hydrogen-bond donors (Lipinski definition) is 1. The molecular weight excluding hydrogens is 226 g/mol. The van der Waals surface area contributed by atoms with E-state index in [0.717, 1.165) is 28.2 Å². The fourth-order valence-corrected chi connectivity index (χ4v) is 2.08. The Labute approximate surface area is 105 Å². The van der Waals surface area contributed by atoms with Gasteiger partial charge in [-0.3, -0.25) is 4.98 Å². The number of aliphatic hydroxyl groups excluding tert-OH is 1. The summed E-state index contributed by atoms with van der Waals surface area (Å²) in [4.78, 5) is 8.65. The molecule has 0 aliphatic carbocycles. The number of imidazole rings is 1. The lowest BCUT2D eigenvalue weighted by atomic mass is 10.2. The molecule has 0 bridgehead atoms. The predicted octanol–water partition coefficient (Wildman–Crippen LogP) is 2.20. The van der Waals surface area contributed by atoms with Crippen LogP contribution in [-0.2, 0) is 6.61 Å². The van der Waals surface area contributed by atoms with E-state index in [1.165, 1.54) is 0 Å². The van der Waals surface area contributed by atoms with Gasteiger partial charge in [0.25, 0.3) is 0 Å². The number of aliphatic hydroxyl groups is 1. The van der Waals surface area contributed by atoms with Gasteiger partial charge in [0.1, 0.15) is 5.65 Å². The van der Waals surface area contributed by atoms with Crippen LogP contribution < -0.4 is 0 Å². The number of aryl methyl sites for hydroxylation is 1. The minimum Gasteiger partial charge on any atom is -0.390 e. The summed E-state index contributed by atoms with van der Waals surface area (Å²) < 4.78 is 1.93. The molecule has 3 aromatic rings. The van der Waals surface area contributed by atoms with Crippen LogP contribution in [0.3, 0.4) is 0 Å². The first-order valence-corrected chi connectivity index (χ1v) is 5.78. The molecule has 0 saturated carbocycles. The molecule has 4 nitrogen and oxygen atoms in total. The van der Waals surface area contributed by atoms with Gasteiger partial charge in [-0.25, -0.2) is 4.98 Å². The fourth-order valence-electron chi connectivity index (χ4n) is 2.08. The van der Waals surface area contributed by atoms with E-state index < -0.39 is 0 Å². The molecular formula is C14H13N3O. The standard InChI is InChI=1S/C14H13N3O/c1-10-4-5-13-16-14(11-3-2-6-15-7-11)12(9-18)17(13)8-10/h2-8,18H,9H2,1H3. The largest absolute Gasteiger partial charge is 0.390 e. The number of fused-ring (bicyclic) bond motifs is 1. The zero-order valence-corrected chi connectivity index (χ0v) is 10.0. The third kappa shape index (κ3) is 1.67. The van der Waals surface area contributed by atoms with Crippen molar-refractivity contribution in [1.82, 2.24) is 14.4 Å². The fraction of sp³-hybridized carbons (Fsp3) is 0.143. The molecule has 0 radical (unpaired) electrons. The SMILES string of the molecule is Cc1ccc2nc(-c3cccnc3)c(CO)n2c1. The zero-order chi connectivity index (χ0) is 12.5. The summed E-state index contributed by atoms with van der Waals surface area (Å²) in [6.07, 6.45) is 5.46. The highest BCUT2D eigenvalue weighted by molar-refractivity contribution is 5.65. The van der Waals surface area contributed by atoms with Crippen LogP contribution >= 0.6 is 0 Å². The Balaban J connectivity index is 2.30. The van der Waals surface area contributed by atoms with Gasteiger partial charge in [-0.2, -0.15) is 0 Å². The Morgan fingerprint density at radius 3 is 2.89 bits per heavy atom. The maximum Gasteiger partial charge on any atom is 0.137 e. The van der Waals surface area contributed by atoms with Gasteiger partial charge in [0, 0.05) is 24.2 Å². The quantitative estimate of drug-likeness (QED) is 0.745. The van der Waals surface area contributed by atoms with E-state index in [0.29, 0.717) is 0 Å². The van der Waals surface area contributed by atoms with Crippen molar-refractivity contribution in [3.63, 3.8) is 0 Å². The van der Waals surface area contributed by atoms with Crippen LogP contribution in [0.4, 0.5) is 0 Å².